The minimum atomic E-state index is -0.174. The van der Waals surface area contributed by atoms with Crippen LogP contribution in [0.25, 0.3) is 0 Å². The Morgan fingerprint density at radius 2 is 2.17 bits per heavy atom. The second-order valence-corrected chi connectivity index (χ2v) is 5.68. The summed E-state index contributed by atoms with van der Waals surface area (Å²) in [5.74, 6) is 0. The number of aromatic nitrogens is 2. The second-order valence-electron chi connectivity index (χ2n) is 4.89. The summed E-state index contributed by atoms with van der Waals surface area (Å²) in [5.41, 5.74) is 2.05. The summed E-state index contributed by atoms with van der Waals surface area (Å²) in [4.78, 5) is 0. The molecule has 1 rings (SSSR count). The molecule has 2 unspecified atom stereocenters. The Kier molecular flexibility index (Phi) is 5.37. The molecule has 18 heavy (non-hydrogen) atoms. The van der Waals surface area contributed by atoms with Crippen LogP contribution in [0.15, 0.2) is 4.47 Å². The van der Waals surface area contributed by atoms with E-state index in [-0.39, 0.29) is 11.6 Å². The zero-order valence-corrected chi connectivity index (χ0v) is 13.8. The molecule has 0 bridgehead atoms. The minimum absolute atomic E-state index is 0.174. The maximum atomic E-state index is 5.69. The number of methoxy groups -OCH3 is 1. The maximum Gasteiger partial charge on any atom is 0.0804 e. The molecule has 1 aromatic heterocycles. The lowest BCUT2D eigenvalue weighted by Gasteiger charge is -2.35. The van der Waals surface area contributed by atoms with Crippen molar-refractivity contribution in [2.24, 2.45) is 7.05 Å². The van der Waals surface area contributed by atoms with E-state index in [0.717, 1.165) is 23.0 Å². The molecule has 0 aliphatic carbocycles. The Bertz CT molecular complexity index is 399. The molecule has 0 aliphatic heterocycles. The highest BCUT2D eigenvalue weighted by atomic mass is 79.9. The van der Waals surface area contributed by atoms with Gasteiger partial charge in [0.1, 0.15) is 0 Å². The lowest BCUT2D eigenvalue weighted by molar-refractivity contribution is -0.0273. The monoisotopic (exact) mass is 317 g/mol. The molecular formula is C13H24BrN3O. The lowest BCUT2D eigenvalue weighted by Crippen LogP contribution is -2.50. The van der Waals surface area contributed by atoms with Crippen molar-refractivity contribution in [2.75, 3.05) is 14.2 Å². The largest absolute Gasteiger partial charge is 0.377 e. The van der Waals surface area contributed by atoms with E-state index in [2.05, 4.69) is 40.2 Å². The molecule has 0 aromatic carbocycles. The Labute approximate surface area is 118 Å². The van der Waals surface area contributed by atoms with Gasteiger partial charge in [0.15, 0.2) is 0 Å². The van der Waals surface area contributed by atoms with E-state index in [1.165, 1.54) is 5.69 Å². The van der Waals surface area contributed by atoms with Gasteiger partial charge in [-0.2, -0.15) is 5.10 Å². The van der Waals surface area contributed by atoms with Gasteiger partial charge in [-0.05, 0) is 43.2 Å². The second kappa shape index (κ2) is 6.17. The lowest BCUT2D eigenvalue weighted by atomic mass is 9.89. The molecule has 0 fully saturated rings. The van der Waals surface area contributed by atoms with Crippen molar-refractivity contribution in [1.82, 2.24) is 15.1 Å². The van der Waals surface area contributed by atoms with E-state index >= 15 is 0 Å². The smallest absolute Gasteiger partial charge is 0.0804 e. The maximum absolute atomic E-state index is 5.69. The standard InChI is InChI=1S/C13H24BrN3O/c1-7-13(3,18-6)11(15-4)8-10-12(14)9(2)16-17(10)5/h11,15H,7-8H2,1-6H3. The molecule has 1 aromatic rings. The third-order valence-corrected chi connectivity index (χ3v) is 4.94. The van der Waals surface area contributed by atoms with Gasteiger partial charge in [-0.3, -0.25) is 4.68 Å². The van der Waals surface area contributed by atoms with Crippen molar-refractivity contribution < 1.29 is 4.74 Å². The van der Waals surface area contributed by atoms with Crippen LogP contribution in [0.2, 0.25) is 0 Å². The van der Waals surface area contributed by atoms with Crippen LogP contribution in [0.5, 0.6) is 0 Å². The first-order chi connectivity index (χ1) is 8.39. The number of hydrogen-bond donors (Lipinski definition) is 1. The predicted octanol–water partition coefficient (Wildman–Crippen LogP) is 2.44. The van der Waals surface area contributed by atoms with Crippen molar-refractivity contribution in [2.45, 2.75) is 45.3 Å². The first kappa shape index (κ1) is 15.7. The van der Waals surface area contributed by atoms with Gasteiger partial charge in [0.2, 0.25) is 0 Å². The summed E-state index contributed by atoms with van der Waals surface area (Å²) in [6.07, 6.45) is 1.84. The fourth-order valence-corrected chi connectivity index (χ4v) is 2.75. The van der Waals surface area contributed by atoms with Gasteiger partial charge in [-0.15, -0.1) is 0 Å². The molecule has 0 saturated heterocycles. The van der Waals surface area contributed by atoms with Crippen LogP contribution in [-0.4, -0.2) is 35.6 Å². The Hall–Kier alpha value is -0.390. The van der Waals surface area contributed by atoms with Crippen molar-refractivity contribution >= 4 is 15.9 Å². The molecule has 0 saturated carbocycles. The SMILES string of the molecule is CCC(C)(OC)C(Cc1c(Br)c(C)nn1C)NC. The third-order valence-electron chi connectivity index (χ3n) is 3.91. The summed E-state index contributed by atoms with van der Waals surface area (Å²) in [6, 6.07) is 0.249. The number of aryl methyl sites for hydroxylation is 2. The van der Waals surface area contributed by atoms with Gasteiger partial charge in [-0.1, -0.05) is 6.92 Å². The van der Waals surface area contributed by atoms with Crippen molar-refractivity contribution in [3.8, 4) is 0 Å². The van der Waals surface area contributed by atoms with Crippen LogP contribution in [0.1, 0.15) is 31.7 Å². The Morgan fingerprint density at radius 3 is 2.50 bits per heavy atom. The number of halogens is 1. The van der Waals surface area contributed by atoms with Gasteiger partial charge in [0.05, 0.1) is 21.5 Å². The van der Waals surface area contributed by atoms with E-state index in [0.29, 0.717) is 0 Å². The fraction of sp³-hybridized carbons (Fsp3) is 0.769. The molecule has 5 heteroatoms. The number of ether oxygens (including phenoxy) is 1. The van der Waals surface area contributed by atoms with Crippen LogP contribution in [-0.2, 0) is 18.2 Å². The molecular weight excluding hydrogens is 294 g/mol. The third kappa shape index (κ3) is 2.95. The van der Waals surface area contributed by atoms with Gasteiger partial charge in [0, 0.05) is 26.6 Å². The quantitative estimate of drug-likeness (QED) is 0.876. The van der Waals surface area contributed by atoms with Crippen LogP contribution >= 0.6 is 15.9 Å². The van der Waals surface area contributed by atoms with Crippen LogP contribution < -0.4 is 5.32 Å². The number of nitrogens with zero attached hydrogens (tertiary/aromatic N) is 2. The molecule has 1 N–H and O–H groups in total. The van der Waals surface area contributed by atoms with Crippen LogP contribution in [0.3, 0.4) is 0 Å². The fourth-order valence-electron chi connectivity index (χ4n) is 2.25. The Balaban J connectivity index is 2.99. The normalized spacial score (nSPS) is 16.6. The summed E-state index contributed by atoms with van der Waals surface area (Å²) in [5, 5.41) is 7.80. The molecule has 0 spiro atoms. The highest BCUT2D eigenvalue weighted by Gasteiger charge is 2.32. The highest BCUT2D eigenvalue weighted by Crippen LogP contribution is 2.26. The van der Waals surface area contributed by atoms with Crippen LogP contribution in [0, 0.1) is 6.92 Å². The number of likely N-dealkylation sites (N-methyl/N-ethyl adjacent to an activating group) is 1. The predicted molar refractivity (Wildman–Crippen MR) is 77.9 cm³/mol. The average Bonchev–Trinajstić information content (AvgIpc) is 2.60. The van der Waals surface area contributed by atoms with E-state index in [1.54, 1.807) is 7.11 Å². The first-order valence-electron chi connectivity index (χ1n) is 6.30. The summed E-state index contributed by atoms with van der Waals surface area (Å²) in [6.45, 7) is 6.31. The van der Waals surface area contributed by atoms with Crippen LogP contribution in [0.4, 0.5) is 0 Å². The first-order valence-corrected chi connectivity index (χ1v) is 7.09. The van der Waals surface area contributed by atoms with Gasteiger partial charge >= 0.3 is 0 Å². The number of nitrogens with one attached hydrogen (secondary N) is 1. The molecule has 4 nitrogen and oxygen atoms in total. The molecule has 1 heterocycles. The molecule has 0 amide bonds. The summed E-state index contributed by atoms with van der Waals surface area (Å²) < 4.78 is 8.73. The zero-order valence-electron chi connectivity index (χ0n) is 12.2. The molecule has 0 radical (unpaired) electrons. The van der Waals surface area contributed by atoms with Gasteiger partial charge < -0.3 is 10.1 Å². The van der Waals surface area contributed by atoms with Crippen molar-refractivity contribution in [3.05, 3.63) is 15.9 Å². The van der Waals surface area contributed by atoms with Crippen molar-refractivity contribution in [3.63, 3.8) is 0 Å². The average molecular weight is 318 g/mol. The van der Waals surface area contributed by atoms with Gasteiger partial charge in [-0.25, -0.2) is 0 Å². The van der Waals surface area contributed by atoms with Gasteiger partial charge in [0.25, 0.3) is 0 Å². The highest BCUT2D eigenvalue weighted by molar-refractivity contribution is 9.10. The molecule has 2 atom stereocenters. The molecule has 104 valence electrons. The van der Waals surface area contributed by atoms with Crippen molar-refractivity contribution in [1.29, 1.82) is 0 Å². The zero-order chi connectivity index (χ0) is 13.9. The Morgan fingerprint density at radius 1 is 1.56 bits per heavy atom. The van der Waals surface area contributed by atoms with E-state index < -0.39 is 0 Å². The van der Waals surface area contributed by atoms with E-state index in [4.69, 9.17) is 4.74 Å². The summed E-state index contributed by atoms with van der Waals surface area (Å²) >= 11 is 3.62. The summed E-state index contributed by atoms with van der Waals surface area (Å²) in [7, 11) is 5.74. The van der Waals surface area contributed by atoms with E-state index in [9.17, 15) is 0 Å². The topological polar surface area (TPSA) is 39.1 Å². The minimum Gasteiger partial charge on any atom is -0.377 e. The molecule has 0 aliphatic rings. The number of rotatable bonds is 6. The van der Waals surface area contributed by atoms with E-state index in [1.807, 2.05) is 25.7 Å². The number of hydrogen-bond acceptors (Lipinski definition) is 3.